The zero-order chi connectivity index (χ0) is 18.5. The van der Waals surface area contributed by atoms with E-state index in [4.69, 9.17) is 9.47 Å². The highest BCUT2D eigenvalue weighted by atomic mass is 32.2. The van der Waals surface area contributed by atoms with Crippen molar-refractivity contribution in [2.24, 2.45) is 0 Å². The topological polar surface area (TPSA) is 53.4 Å². The van der Waals surface area contributed by atoms with Gasteiger partial charge in [-0.05, 0) is 55.6 Å². The average Bonchev–Trinajstić information content (AvgIpc) is 3.14. The fourth-order valence-electron chi connectivity index (χ4n) is 2.57. The van der Waals surface area contributed by atoms with Gasteiger partial charge in [0.25, 0.3) is 0 Å². The van der Waals surface area contributed by atoms with Crippen molar-refractivity contribution in [1.82, 2.24) is 9.78 Å². The minimum absolute atomic E-state index is 0.284. The maximum atomic E-state index is 12.2. The molecular weight excluding hydrogens is 348 g/mol. The van der Waals surface area contributed by atoms with E-state index < -0.39 is 5.97 Å². The average molecular weight is 368 g/mol. The minimum Gasteiger partial charge on any atom is -0.497 e. The van der Waals surface area contributed by atoms with Crippen LogP contribution in [0.1, 0.15) is 17.4 Å². The second-order valence-corrected chi connectivity index (χ2v) is 6.35. The van der Waals surface area contributed by atoms with Gasteiger partial charge in [0.05, 0.1) is 25.1 Å². The Morgan fingerprint density at radius 2 is 1.81 bits per heavy atom. The lowest BCUT2D eigenvalue weighted by molar-refractivity contribution is 0.0519. The molecule has 6 heteroatoms. The quantitative estimate of drug-likeness (QED) is 0.475. The number of aromatic nitrogens is 2. The molecule has 0 bridgehead atoms. The molecule has 0 spiro atoms. The van der Waals surface area contributed by atoms with Crippen LogP contribution in [0.5, 0.6) is 5.75 Å². The number of benzene rings is 2. The van der Waals surface area contributed by atoms with Crippen LogP contribution in [0.2, 0.25) is 0 Å². The van der Waals surface area contributed by atoms with Crippen LogP contribution >= 0.6 is 11.8 Å². The van der Waals surface area contributed by atoms with Crippen LogP contribution in [0.4, 0.5) is 0 Å². The number of hydrogen-bond donors (Lipinski definition) is 0. The number of carbonyl (C=O) groups excluding carboxylic acids is 1. The van der Waals surface area contributed by atoms with Crippen LogP contribution in [0.25, 0.3) is 16.9 Å². The summed E-state index contributed by atoms with van der Waals surface area (Å²) in [5, 5.41) is 4.47. The lowest BCUT2D eigenvalue weighted by Crippen LogP contribution is -2.06. The summed E-state index contributed by atoms with van der Waals surface area (Å²) in [7, 11) is 1.63. The summed E-state index contributed by atoms with van der Waals surface area (Å²) in [4.78, 5) is 13.3. The Hall–Kier alpha value is -2.73. The van der Waals surface area contributed by atoms with Crippen LogP contribution in [0.15, 0.2) is 59.5 Å². The summed E-state index contributed by atoms with van der Waals surface area (Å²) in [6, 6.07) is 17.4. The molecule has 1 heterocycles. The van der Waals surface area contributed by atoms with E-state index in [1.165, 1.54) is 4.90 Å². The van der Waals surface area contributed by atoms with Gasteiger partial charge in [-0.3, -0.25) is 0 Å². The summed E-state index contributed by atoms with van der Waals surface area (Å²) in [5.74, 6) is 0.333. The standard InChI is InChI=1S/C20H20N2O3S/c1-4-25-20(23)18-13-19(14-5-11-17(26-3)12-6-14)22(21-18)15-7-9-16(24-2)10-8-15/h5-13H,4H2,1-3H3. The molecule has 0 aliphatic carbocycles. The van der Waals surface area contributed by atoms with Gasteiger partial charge in [-0.15, -0.1) is 11.8 Å². The number of hydrogen-bond acceptors (Lipinski definition) is 5. The van der Waals surface area contributed by atoms with E-state index in [0.29, 0.717) is 6.61 Å². The fraction of sp³-hybridized carbons (Fsp3) is 0.200. The molecule has 0 atom stereocenters. The molecule has 3 aromatic rings. The molecule has 0 aliphatic heterocycles. The van der Waals surface area contributed by atoms with Crippen molar-refractivity contribution in [3.63, 3.8) is 0 Å². The van der Waals surface area contributed by atoms with Gasteiger partial charge in [0, 0.05) is 10.5 Å². The van der Waals surface area contributed by atoms with Crippen molar-refractivity contribution in [1.29, 1.82) is 0 Å². The smallest absolute Gasteiger partial charge is 0.358 e. The first-order valence-corrected chi connectivity index (χ1v) is 9.44. The van der Waals surface area contributed by atoms with Crippen LogP contribution in [0, 0.1) is 0 Å². The van der Waals surface area contributed by atoms with E-state index in [9.17, 15) is 4.79 Å². The number of ether oxygens (including phenoxy) is 2. The van der Waals surface area contributed by atoms with Gasteiger partial charge >= 0.3 is 5.97 Å². The van der Waals surface area contributed by atoms with E-state index in [1.54, 1.807) is 36.5 Å². The first kappa shape index (κ1) is 18.1. The molecule has 0 aliphatic rings. The van der Waals surface area contributed by atoms with Gasteiger partial charge < -0.3 is 9.47 Å². The fourth-order valence-corrected chi connectivity index (χ4v) is 2.98. The predicted molar refractivity (Wildman–Crippen MR) is 103 cm³/mol. The van der Waals surface area contributed by atoms with Crippen molar-refractivity contribution in [3.05, 3.63) is 60.3 Å². The zero-order valence-electron chi connectivity index (χ0n) is 14.9. The summed E-state index contributed by atoms with van der Waals surface area (Å²) < 4.78 is 12.1. The highest BCUT2D eigenvalue weighted by Crippen LogP contribution is 2.27. The SMILES string of the molecule is CCOC(=O)c1cc(-c2ccc(SC)cc2)n(-c2ccc(OC)cc2)n1. The van der Waals surface area contributed by atoms with E-state index in [0.717, 1.165) is 22.7 Å². The second kappa shape index (κ2) is 8.10. The first-order chi connectivity index (χ1) is 12.7. The van der Waals surface area contributed by atoms with Crippen LogP contribution in [-0.4, -0.2) is 35.7 Å². The largest absolute Gasteiger partial charge is 0.497 e. The Balaban J connectivity index is 2.08. The van der Waals surface area contributed by atoms with Crippen molar-refractivity contribution in [2.45, 2.75) is 11.8 Å². The third-order valence-electron chi connectivity index (χ3n) is 3.90. The molecular formula is C20H20N2O3S. The third kappa shape index (κ3) is 3.75. The van der Waals surface area contributed by atoms with Crippen LogP contribution < -0.4 is 4.74 Å². The molecule has 1 aromatic heterocycles. The zero-order valence-corrected chi connectivity index (χ0v) is 15.7. The summed E-state index contributed by atoms with van der Waals surface area (Å²) in [5.41, 5.74) is 2.92. The van der Waals surface area contributed by atoms with E-state index in [2.05, 4.69) is 17.2 Å². The number of carbonyl (C=O) groups is 1. The number of methoxy groups -OCH3 is 1. The van der Waals surface area contributed by atoms with E-state index in [1.807, 2.05) is 42.7 Å². The molecule has 5 nitrogen and oxygen atoms in total. The highest BCUT2D eigenvalue weighted by molar-refractivity contribution is 7.98. The molecule has 2 aromatic carbocycles. The van der Waals surface area contributed by atoms with Gasteiger partial charge in [-0.1, -0.05) is 12.1 Å². The number of thioether (sulfide) groups is 1. The summed E-state index contributed by atoms with van der Waals surface area (Å²) >= 11 is 1.68. The van der Waals surface area contributed by atoms with Gasteiger partial charge in [-0.25, -0.2) is 9.48 Å². The molecule has 0 radical (unpaired) electrons. The number of rotatable bonds is 6. The first-order valence-electron chi connectivity index (χ1n) is 8.22. The van der Waals surface area contributed by atoms with Gasteiger partial charge in [-0.2, -0.15) is 5.10 Å². The molecule has 0 unspecified atom stereocenters. The normalized spacial score (nSPS) is 10.6. The van der Waals surface area contributed by atoms with E-state index >= 15 is 0 Å². The van der Waals surface area contributed by atoms with Gasteiger partial charge in [0.2, 0.25) is 0 Å². The molecule has 134 valence electrons. The third-order valence-corrected chi connectivity index (χ3v) is 4.64. The molecule has 26 heavy (non-hydrogen) atoms. The monoisotopic (exact) mass is 368 g/mol. The Morgan fingerprint density at radius 3 is 2.38 bits per heavy atom. The summed E-state index contributed by atoms with van der Waals surface area (Å²) in [6.07, 6.45) is 2.04. The minimum atomic E-state index is -0.429. The molecule has 0 fully saturated rings. The van der Waals surface area contributed by atoms with Crippen molar-refractivity contribution >= 4 is 17.7 Å². The molecule has 0 amide bonds. The lowest BCUT2D eigenvalue weighted by Gasteiger charge is -2.09. The van der Waals surface area contributed by atoms with Gasteiger partial charge in [0.15, 0.2) is 5.69 Å². The Kier molecular flexibility index (Phi) is 5.63. The Bertz CT molecular complexity index is 821. The number of esters is 1. The maximum absolute atomic E-state index is 12.2. The lowest BCUT2D eigenvalue weighted by atomic mass is 10.1. The Labute approximate surface area is 156 Å². The van der Waals surface area contributed by atoms with Gasteiger partial charge in [0.1, 0.15) is 5.75 Å². The number of nitrogens with zero attached hydrogens (tertiary/aromatic N) is 2. The van der Waals surface area contributed by atoms with Crippen molar-refractivity contribution in [3.8, 4) is 22.7 Å². The molecule has 3 rings (SSSR count). The van der Waals surface area contributed by atoms with E-state index in [-0.39, 0.29) is 5.69 Å². The van der Waals surface area contributed by atoms with Crippen molar-refractivity contribution < 1.29 is 14.3 Å². The predicted octanol–water partition coefficient (Wildman–Crippen LogP) is 4.45. The van der Waals surface area contributed by atoms with Crippen molar-refractivity contribution in [2.75, 3.05) is 20.0 Å². The molecule has 0 saturated carbocycles. The molecule has 0 saturated heterocycles. The maximum Gasteiger partial charge on any atom is 0.358 e. The van der Waals surface area contributed by atoms with Crippen LogP contribution in [0.3, 0.4) is 0 Å². The Morgan fingerprint density at radius 1 is 1.12 bits per heavy atom. The molecule has 0 N–H and O–H groups in total. The second-order valence-electron chi connectivity index (χ2n) is 5.47. The summed E-state index contributed by atoms with van der Waals surface area (Å²) in [6.45, 7) is 2.09. The highest BCUT2D eigenvalue weighted by Gasteiger charge is 2.17. The van der Waals surface area contributed by atoms with Crippen LogP contribution in [-0.2, 0) is 4.74 Å².